The molecule has 11 heteroatoms. The third-order valence-corrected chi connectivity index (χ3v) is 2.20. The number of piperazine rings is 1. The molecule has 0 spiro atoms. The molecule has 0 aromatic heterocycles. The number of aliphatic carboxylic acids is 1. The molecule has 0 bridgehead atoms. The Bertz CT molecular complexity index is 373. The van der Waals surface area contributed by atoms with Crippen molar-refractivity contribution in [2.45, 2.75) is 12.2 Å². The number of amides is 1. The Labute approximate surface area is 111 Å². The van der Waals surface area contributed by atoms with Gasteiger partial charge in [0.1, 0.15) is 6.04 Å². The monoisotopic (exact) mass is 302 g/mol. The summed E-state index contributed by atoms with van der Waals surface area (Å²) in [7, 11) is 1.25. The van der Waals surface area contributed by atoms with Gasteiger partial charge in [-0.15, -0.1) is 0 Å². The van der Waals surface area contributed by atoms with Gasteiger partial charge >= 0.3 is 24.2 Å². The van der Waals surface area contributed by atoms with E-state index in [1.165, 1.54) is 7.11 Å². The quantitative estimate of drug-likeness (QED) is 0.572. The molecule has 1 heterocycles. The third-order valence-electron chi connectivity index (χ3n) is 2.20. The summed E-state index contributed by atoms with van der Waals surface area (Å²) >= 11 is 0. The van der Waals surface area contributed by atoms with Gasteiger partial charge in [-0.1, -0.05) is 0 Å². The first kappa shape index (κ1) is 18.0. The summed E-state index contributed by atoms with van der Waals surface area (Å²) in [4.78, 5) is 31.8. The Hall–Kier alpha value is -2.04. The maximum absolute atomic E-state index is 11.1. The molecule has 116 valence electrons. The summed E-state index contributed by atoms with van der Waals surface area (Å²) in [5.41, 5.74) is 0. The molecule has 1 aliphatic heterocycles. The molecule has 0 aromatic rings. The number of hydrogen-bond acceptors (Lipinski definition) is 5. The van der Waals surface area contributed by atoms with Gasteiger partial charge in [-0.05, 0) is 0 Å². The number of carbonyl (C=O) groups is 3. The first-order chi connectivity index (χ1) is 9.11. The van der Waals surface area contributed by atoms with E-state index in [-0.39, 0.29) is 0 Å². The van der Waals surface area contributed by atoms with Gasteiger partial charge in [-0.3, -0.25) is 4.90 Å². The molecule has 3 N–H and O–H groups in total. The van der Waals surface area contributed by atoms with Crippen LogP contribution in [0.25, 0.3) is 0 Å². The van der Waals surface area contributed by atoms with Crippen molar-refractivity contribution in [3.8, 4) is 0 Å². The molecule has 1 rings (SSSR count). The van der Waals surface area contributed by atoms with Crippen molar-refractivity contribution in [3.05, 3.63) is 0 Å². The number of ether oxygens (including phenoxy) is 1. The van der Waals surface area contributed by atoms with Gasteiger partial charge in [0.2, 0.25) is 0 Å². The van der Waals surface area contributed by atoms with Crippen LogP contribution in [0.5, 0.6) is 0 Å². The summed E-state index contributed by atoms with van der Waals surface area (Å²) in [5, 5.41) is 18.8. The number of carbonyl (C=O) groups excluding carboxylic acids is 1. The zero-order valence-corrected chi connectivity index (χ0v) is 10.3. The van der Waals surface area contributed by atoms with E-state index < -0.39 is 30.2 Å². The third kappa shape index (κ3) is 5.73. The highest BCUT2D eigenvalue weighted by Crippen LogP contribution is 2.13. The smallest absolute Gasteiger partial charge is 0.475 e. The average Bonchev–Trinajstić information content (AvgIpc) is 2.37. The van der Waals surface area contributed by atoms with Crippen LogP contribution in [0, 0.1) is 0 Å². The molecular formula is C9H13F3N2O6. The van der Waals surface area contributed by atoms with Gasteiger partial charge < -0.3 is 20.3 Å². The van der Waals surface area contributed by atoms with Crippen molar-refractivity contribution >= 4 is 18.0 Å². The number of halogens is 3. The van der Waals surface area contributed by atoms with Crippen LogP contribution >= 0.6 is 0 Å². The topological polar surface area (TPSA) is 116 Å². The standard InChI is InChI=1S/C7H12N2O4.C2HF3O2/c1-13-6(10)5-4-8-2-3-9(5)7(11)12;3-2(4,5)1(6)7/h5,8H,2-4H2,1H3,(H,11,12);(H,6,7). The second-order valence-corrected chi connectivity index (χ2v) is 3.52. The molecule has 0 saturated carbocycles. The van der Waals surface area contributed by atoms with Crippen molar-refractivity contribution in [1.29, 1.82) is 0 Å². The molecule has 1 saturated heterocycles. The number of esters is 1. The maximum atomic E-state index is 11.1. The molecule has 1 amide bonds. The van der Waals surface area contributed by atoms with Crippen LogP contribution in [0.4, 0.5) is 18.0 Å². The lowest BCUT2D eigenvalue weighted by Crippen LogP contribution is -2.56. The van der Waals surface area contributed by atoms with Gasteiger partial charge in [0.15, 0.2) is 0 Å². The number of hydrogen-bond donors (Lipinski definition) is 3. The Morgan fingerprint density at radius 2 is 1.80 bits per heavy atom. The van der Waals surface area contributed by atoms with Gasteiger partial charge in [0, 0.05) is 19.6 Å². The number of carboxylic acid groups (broad SMARTS) is 2. The Kier molecular flexibility index (Phi) is 6.76. The fraction of sp³-hybridized carbons (Fsp3) is 0.667. The van der Waals surface area contributed by atoms with Crippen LogP contribution < -0.4 is 5.32 Å². The van der Waals surface area contributed by atoms with Crippen molar-refractivity contribution in [3.63, 3.8) is 0 Å². The normalized spacial score (nSPS) is 18.6. The van der Waals surface area contributed by atoms with E-state index in [1.54, 1.807) is 0 Å². The molecule has 1 fully saturated rings. The van der Waals surface area contributed by atoms with Crippen LogP contribution in [0.1, 0.15) is 0 Å². The predicted molar refractivity (Wildman–Crippen MR) is 57.1 cm³/mol. The molecule has 1 unspecified atom stereocenters. The molecule has 8 nitrogen and oxygen atoms in total. The summed E-state index contributed by atoms with van der Waals surface area (Å²) in [6.45, 7) is 1.20. The minimum atomic E-state index is -5.08. The van der Waals surface area contributed by atoms with Crippen molar-refractivity contribution in [2.75, 3.05) is 26.7 Å². The lowest BCUT2D eigenvalue weighted by atomic mass is 10.2. The Morgan fingerprint density at radius 3 is 2.15 bits per heavy atom. The fourth-order valence-electron chi connectivity index (χ4n) is 1.28. The molecular weight excluding hydrogens is 289 g/mol. The lowest BCUT2D eigenvalue weighted by molar-refractivity contribution is -0.192. The van der Waals surface area contributed by atoms with Gasteiger partial charge in [-0.25, -0.2) is 14.4 Å². The minimum Gasteiger partial charge on any atom is -0.475 e. The SMILES string of the molecule is COC(=O)C1CNCCN1C(=O)O.O=C(O)C(F)(F)F. The lowest BCUT2D eigenvalue weighted by Gasteiger charge is -2.31. The zero-order chi connectivity index (χ0) is 15.9. The van der Waals surface area contributed by atoms with Crippen LogP contribution in [0.15, 0.2) is 0 Å². The number of alkyl halides is 3. The van der Waals surface area contributed by atoms with E-state index in [0.717, 1.165) is 4.90 Å². The fourth-order valence-corrected chi connectivity index (χ4v) is 1.28. The van der Waals surface area contributed by atoms with Crippen molar-refractivity contribution in [1.82, 2.24) is 10.2 Å². The second kappa shape index (κ2) is 7.53. The highest BCUT2D eigenvalue weighted by Gasteiger charge is 2.38. The Morgan fingerprint density at radius 1 is 1.30 bits per heavy atom. The number of carboxylic acids is 1. The summed E-state index contributed by atoms with van der Waals surface area (Å²) in [6, 6.07) is -0.712. The highest BCUT2D eigenvalue weighted by atomic mass is 19.4. The van der Waals surface area contributed by atoms with Crippen LogP contribution in [-0.2, 0) is 14.3 Å². The number of nitrogens with one attached hydrogen (secondary N) is 1. The van der Waals surface area contributed by atoms with Crippen LogP contribution in [0.3, 0.4) is 0 Å². The minimum absolute atomic E-state index is 0.315. The first-order valence-corrected chi connectivity index (χ1v) is 5.19. The number of methoxy groups -OCH3 is 1. The predicted octanol–water partition coefficient (Wildman–Crippen LogP) is -0.256. The summed E-state index contributed by atoms with van der Waals surface area (Å²) in [6.07, 6.45) is -6.17. The van der Waals surface area contributed by atoms with E-state index >= 15 is 0 Å². The van der Waals surface area contributed by atoms with E-state index in [2.05, 4.69) is 10.1 Å². The maximum Gasteiger partial charge on any atom is 0.490 e. The van der Waals surface area contributed by atoms with Crippen molar-refractivity contribution in [2.24, 2.45) is 0 Å². The van der Waals surface area contributed by atoms with E-state index in [1.807, 2.05) is 0 Å². The highest BCUT2D eigenvalue weighted by molar-refractivity contribution is 5.81. The summed E-state index contributed by atoms with van der Waals surface area (Å²) < 4.78 is 36.2. The van der Waals surface area contributed by atoms with Crippen molar-refractivity contribution < 1.29 is 42.5 Å². The molecule has 1 aliphatic rings. The molecule has 1 atom stereocenters. The van der Waals surface area contributed by atoms with Crippen LogP contribution in [-0.4, -0.2) is 72.1 Å². The average molecular weight is 302 g/mol. The van der Waals surface area contributed by atoms with Crippen LogP contribution in [0.2, 0.25) is 0 Å². The number of rotatable bonds is 1. The largest absolute Gasteiger partial charge is 0.490 e. The van der Waals surface area contributed by atoms with Gasteiger partial charge in [0.05, 0.1) is 7.11 Å². The van der Waals surface area contributed by atoms with E-state index in [4.69, 9.17) is 15.0 Å². The van der Waals surface area contributed by atoms with Gasteiger partial charge in [-0.2, -0.15) is 13.2 Å². The molecule has 0 aromatic carbocycles. The van der Waals surface area contributed by atoms with E-state index in [0.29, 0.717) is 19.6 Å². The molecule has 0 aliphatic carbocycles. The number of nitrogens with zero attached hydrogens (tertiary/aromatic N) is 1. The van der Waals surface area contributed by atoms with Gasteiger partial charge in [0.25, 0.3) is 0 Å². The zero-order valence-electron chi connectivity index (χ0n) is 10.3. The molecule has 20 heavy (non-hydrogen) atoms. The summed E-state index contributed by atoms with van der Waals surface area (Å²) in [5.74, 6) is -3.28. The Balaban J connectivity index is 0.000000441. The second-order valence-electron chi connectivity index (χ2n) is 3.52. The first-order valence-electron chi connectivity index (χ1n) is 5.19. The molecule has 0 radical (unpaired) electrons. The van der Waals surface area contributed by atoms with E-state index in [9.17, 15) is 22.8 Å².